The van der Waals surface area contributed by atoms with Crippen molar-refractivity contribution in [3.63, 3.8) is 0 Å². The third-order valence-corrected chi connectivity index (χ3v) is 4.87. The van der Waals surface area contributed by atoms with Gasteiger partial charge in [-0.3, -0.25) is 4.79 Å². The van der Waals surface area contributed by atoms with E-state index in [1.807, 2.05) is 0 Å². The average Bonchev–Trinajstić information content (AvgIpc) is 2.92. The third kappa shape index (κ3) is 1.75. The van der Waals surface area contributed by atoms with Crippen molar-refractivity contribution in [1.82, 2.24) is 10.6 Å². The SMILES string of the molecule is CC1(NC(=O)C2CC3CCC2C3)CCNC1. The molecule has 0 aromatic heterocycles. The molecule has 3 rings (SSSR count). The predicted molar refractivity (Wildman–Crippen MR) is 63.0 cm³/mol. The monoisotopic (exact) mass is 222 g/mol. The Kier molecular flexibility index (Phi) is 2.46. The van der Waals surface area contributed by atoms with E-state index in [1.165, 1.54) is 19.3 Å². The van der Waals surface area contributed by atoms with Crippen LogP contribution in [0.1, 0.15) is 39.0 Å². The lowest BCUT2D eigenvalue weighted by molar-refractivity contribution is -0.128. The summed E-state index contributed by atoms with van der Waals surface area (Å²) in [6.45, 7) is 4.13. The molecule has 3 fully saturated rings. The van der Waals surface area contributed by atoms with Crippen LogP contribution in [0.3, 0.4) is 0 Å². The molecule has 2 N–H and O–H groups in total. The molecule has 2 saturated carbocycles. The summed E-state index contributed by atoms with van der Waals surface area (Å²) in [5.74, 6) is 2.22. The highest BCUT2D eigenvalue weighted by Gasteiger charge is 2.44. The van der Waals surface area contributed by atoms with Crippen LogP contribution in [0.15, 0.2) is 0 Å². The Balaban J connectivity index is 1.61. The van der Waals surface area contributed by atoms with Crippen LogP contribution >= 0.6 is 0 Å². The number of hydrogen-bond acceptors (Lipinski definition) is 2. The molecule has 1 saturated heterocycles. The second-order valence-electron chi connectivity index (χ2n) is 6.26. The topological polar surface area (TPSA) is 41.1 Å². The number of hydrogen-bond donors (Lipinski definition) is 2. The molecular weight excluding hydrogens is 200 g/mol. The molecule has 0 aromatic rings. The van der Waals surface area contributed by atoms with Gasteiger partial charge in [-0.25, -0.2) is 0 Å². The maximum absolute atomic E-state index is 12.3. The molecule has 1 amide bonds. The number of carbonyl (C=O) groups excluding carboxylic acids is 1. The van der Waals surface area contributed by atoms with Gasteiger partial charge in [0, 0.05) is 12.5 Å². The molecule has 2 aliphatic carbocycles. The molecule has 0 radical (unpaired) electrons. The smallest absolute Gasteiger partial charge is 0.223 e. The number of carbonyl (C=O) groups is 1. The van der Waals surface area contributed by atoms with Gasteiger partial charge < -0.3 is 10.6 Å². The van der Waals surface area contributed by atoms with Crippen LogP contribution in [0.4, 0.5) is 0 Å². The fourth-order valence-electron chi connectivity index (χ4n) is 3.88. The fourth-order valence-corrected chi connectivity index (χ4v) is 3.88. The average molecular weight is 222 g/mol. The van der Waals surface area contributed by atoms with Gasteiger partial charge in [0.25, 0.3) is 0 Å². The van der Waals surface area contributed by atoms with E-state index in [2.05, 4.69) is 17.6 Å². The van der Waals surface area contributed by atoms with E-state index in [0.717, 1.165) is 31.8 Å². The molecule has 3 heteroatoms. The van der Waals surface area contributed by atoms with Gasteiger partial charge in [0.2, 0.25) is 5.91 Å². The van der Waals surface area contributed by atoms with Gasteiger partial charge in [-0.05, 0) is 51.0 Å². The molecule has 90 valence electrons. The minimum absolute atomic E-state index is 0.0128. The van der Waals surface area contributed by atoms with E-state index in [0.29, 0.717) is 17.7 Å². The number of nitrogens with one attached hydrogen (secondary N) is 2. The first-order valence-corrected chi connectivity index (χ1v) is 6.69. The minimum Gasteiger partial charge on any atom is -0.349 e. The van der Waals surface area contributed by atoms with Crippen molar-refractivity contribution in [1.29, 1.82) is 0 Å². The van der Waals surface area contributed by atoms with Crippen molar-refractivity contribution in [2.45, 2.75) is 44.6 Å². The zero-order chi connectivity index (χ0) is 11.2. The lowest BCUT2D eigenvalue weighted by Gasteiger charge is -2.29. The van der Waals surface area contributed by atoms with Crippen molar-refractivity contribution in [3.05, 3.63) is 0 Å². The van der Waals surface area contributed by atoms with Crippen LogP contribution in [0.5, 0.6) is 0 Å². The second kappa shape index (κ2) is 3.73. The van der Waals surface area contributed by atoms with Gasteiger partial charge in [-0.15, -0.1) is 0 Å². The Hall–Kier alpha value is -0.570. The van der Waals surface area contributed by atoms with Crippen LogP contribution in [-0.4, -0.2) is 24.5 Å². The summed E-state index contributed by atoms with van der Waals surface area (Å²) >= 11 is 0. The molecule has 1 aliphatic heterocycles. The zero-order valence-electron chi connectivity index (χ0n) is 10.1. The highest BCUT2D eigenvalue weighted by molar-refractivity contribution is 5.80. The van der Waals surface area contributed by atoms with Crippen molar-refractivity contribution < 1.29 is 4.79 Å². The molecule has 4 atom stereocenters. The largest absolute Gasteiger partial charge is 0.349 e. The number of amides is 1. The van der Waals surface area contributed by atoms with Crippen molar-refractivity contribution in [3.8, 4) is 0 Å². The first kappa shape index (κ1) is 10.6. The molecule has 2 bridgehead atoms. The summed E-state index contributed by atoms with van der Waals surface area (Å²) in [5, 5.41) is 6.61. The molecule has 1 heterocycles. The Morgan fingerprint density at radius 2 is 2.25 bits per heavy atom. The Morgan fingerprint density at radius 1 is 1.38 bits per heavy atom. The number of fused-ring (bicyclic) bond motifs is 2. The summed E-state index contributed by atoms with van der Waals surface area (Å²) in [6.07, 6.45) is 6.19. The molecule has 3 aliphatic rings. The van der Waals surface area contributed by atoms with E-state index >= 15 is 0 Å². The highest BCUT2D eigenvalue weighted by atomic mass is 16.2. The lowest BCUT2D eigenvalue weighted by atomic mass is 9.87. The third-order valence-electron chi connectivity index (χ3n) is 4.87. The van der Waals surface area contributed by atoms with Crippen LogP contribution < -0.4 is 10.6 Å². The minimum atomic E-state index is 0.0128. The molecule has 16 heavy (non-hydrogen) atoms. The standard InChI is InChI=1S/C13H22N2O/c1-13(4-5-14-8-13)15-12(16)11-7-9-2-3-10(11)6-9/h9-11,14H,2-8H2,1H3,(H,15,16). The molecule has 0 spiro atoms. The van der Waals surface area contributed by atoms with Gasteiger partial charge in [0.15, 0.2) is 0 Å². The summed E-state index contributed by atoms with van der Waals surface area (Å²) in [4.78, 5) is 12.3. The first-order chi connectivity index (χ1) is 7.66. The fraction of sp³-hybridized carbons (Fsp3) is 0.923. The van der Waals surface area contributed by atoms with Crippen molar-refractivity contribution >= 4 is 5.91 Å². The Bertz CT molecular complexity index is 296. The van der Waals surface area contributed by atoms with Gasteiger partial charge in [0.05, 0.1) is 5.54 Å². The lowest BCUT2D eigenvalue weighted by Crippen LogP contribution is -2.50. The van der Waals surface area contributed by atoms with Crippen LogP contribution in [0.25, 0.3) is 0 Å². The summed E-state index contributed by atoms with van der Waals surface area (Å²) in [6, 6.07) is 0. The molecule has 4 unspecified atom stereocenters. The highest BCUT2D eigenvalue weighted by Crippen LogP contribution is 2.48. The van der Waals surface area contributed by atoms with E-state index in [-0.39, 0.29) is 5.54 Å². The predicted octanol–water partition coefficient (Wildman–Crippen LogP) is 1.29. The van der Waals surface area contributed by atoms with E-state index in [1.54, 1.807) is 0 Å². The van der Waals surface area contributed by atoms with E-state index < -0.39 is 0 Å². The quantitative estimate of drug-likeness (QED) is 0.739. The number of rotatable bonds is 2. The first-order valence-electron chi connectivity index (χ1n) is 6.69. The van der Waals surface area contributed by atoms with Crippen molar-refractivity contribution in [2.75, 3.05) is 13.1 Å². The van der Waals surface area contributed by atoms with Crippen LogP contribution in [0.2, 0.25) is 0 Å². The summed E-state index contributed by atoms with van der Waals surface area (Å²) in [7, 11) is 0. The van der Waals surface area contributed by atoms with E-state index in [9.17, 15) is 4.79 Å². The summed E-state index contributed by atoms with van der Waals surface area (Å²) in [5.41, 5.74) is 0.0128. The van der Waals surface area contributed by atoms with Crippen LogP contribution in [0, 0.1) is 17.8 Å². The normalized spacial score (nSPS) is 46.2. The molecule has 3 nitrogen and oxygen atoms in total. The maximum atomic E-state index is 12.3. The van der Waals surface area contributed by atoms with E-state index in [4.69, 9.17) is 0 Å². The Labute approximate surface area is 97.4 Å². The maximum Gasteiger partial charge on any atom is 0.223 e. The van der Waals surface area contributed by atoms with Gasteiger partial charge in [-0.1, -0.05) is 6.42 Å². The van der Waals surface area contributed by atoms with Gasteiger partial charge in [0.1, 0.15) is 0 Å². The summed E-state index contributed by atoms with van der Waals surface area (Å²) < 4.78 is 0. The van der Waals surface area contributed by atoms with Gasteiger partial charge >= 0.3 is 0 Å². The van der Waals surface area contributed by atoms with Crippen molar-refractivity contribution in [2.24, 2.45) is 17.8 Å². The van der Waals surface area contributed by atoms with Gasteiger partial charge in [-0.2, -0.15) is 0 Å². The second-order valence-corrected chi connectivity index (χ2v) is 6.26. The zero-order valence-corrected chi connectivity index (χ0v) is 10.1. The molecular formula is C13H22N2O. The van der Waals surface area contributed by atoms with Crippen LogP contribution in [-0.2, 0) is 4.79 Å². The Morgan fingerprint density at radius 3 is 2.81 bits per heavy atom. The molecule has 0 aromatic carbocycles.